The first kappa shape index (κ1) is 26.6. The molecule has 0 aliphatic heterocycles. The largest absolute Gasteiger partial charge is 0.507 e. The Morgan fingerprint density at radius 2 is 1.76 bits per heavy atom. The number of likely N-dealkylation sites (N-methyl/N-ethyl adjacent to an activating group) is 2. The fourth-order valence-electron chi connectivity index (χ4n) is 6.20. The van der Waals surface area contributed by atoms with Crippen LogP contribution in [0, 0.1) is 23.7 Å². The summed E-state index contributed by atoms with van der Waals surface area (Å²) in [6, 6.07) is 1.51. The number of hydrogen-bond acceptors (Lipinski definition) is 10. The lowest BCUT2D eigenvalue weighted by molar-refractivity contribution is -0.181. The van der Waals surface area contributed by atoms with Gasteiger partial charge in [-0.05, 0) is 64.6 Å². The lowest BCUT2D eigenvalue weighted by atomic mass is 9.52. The van der Waals surface area contributed by atoms with E-state index >= 15 is 0 Å². The van der Waals surface area contributed by atoms with Gasteiger partial charge < -0.3 is 26.2 Å². The molecule has 0 bridgehead atoms. The van der Waals surface area contributed by atoms with E-state index in [1.165, 1.54) is 31.1 Å². The van der Waals surface area contributed by atoms with Gasteiger partial charge in [0.25, 0.3) is 0 Å². The lowest BCUT2D eigenvalue weighted by Gasteiger charge is -2.52. The van der Waals surface area contributed by atoms with E-state index in [1.807, 2.05) is 0 Å². The highest BCUT2D eigenvalue weighted by molar-refractivity contribution is 6.32. The van der Waals surface area contributed by atoms with Crippen LogP contribution >= 0.6 is 0 Å². The summed E-state index contributed by atoms with van der Waals surface area (Å²) < 4.78 is 0. The van der Waals surface area contributed by atoms with Gasteiger partial charge in [0.1, 0.15) is 5.75 Å². The molecular weight excluding hydrogens is 484 g/mol. The smallest absolute Gasteiger partial charge is 0.238 e. The predicted octanol–water partition coefficient (Wildman–Crippen LogP) is -1.63. The fraction of sp³-hybridized carbons (Fsp3) is 0.520. The molecule has 5 N–H and O–H groups in total. The van der Waals surface area contributed by atoms with E-state index in [0.717, 1.165) is 0 Å². The number of aromatic hydroxyl groups is 1. The molecule has 6 unspecified atom stereocenters. The van der Waals surface area contributed by atoms with E-state index < -0.39 is 70.1 Å². The van der Waals surface area contributed by atoms with Crippen molar-refractivity contribution >= 4 is 40.6 Å². The topological polar surface area (TPSA) is 187 Å². The number of carbonyl (C=O) groups excluding carboxylic acids is 6. The number of anilines is 1. The van der Waals surface area contributed by atoms with Crippen molar-refractivity contribution in [2.24, 2.45) is 29.4 Å². The zero-order valence-corrected chi connectivity index (χ0v) is 21.0. The molecule has 0 radical (unpaired) electrons. The number of primary amides is 1. The van der Waals surface area contributed by atoms with Gasteiger partial charge in [0.2, 0.25) is 11.8 Å². The van der Waals surface area contributed by atoms with Crippen LogP contribution in [-0.4, -0.2) is 101 Å². The summed E-state index contributed by atoms with van der Waals surface area (Å²) in [5.74, 6) is -11.5. The Bertz CT molecular complexity index is 1240. The second kappa shape index (κ2) is 9.12. The number of aliphatic hydroxyl groups is 1. The Hall–Kier alpha value is -3.48. The summed E-state index contributed by atoms with van der Waals surface area (Å²) in [7, 11) is 6.47. The van der Waals surface area contributed by atoms with Crippen molar-refractivity contribution in [3.05, 3.63) is 23.3 Å². The third kappa shape index (κ3) is 3.95. The van der Waals surface area contributed by atoms with E-state index in [1.54, 1.807) is 19.0 Å². The zero-order valence-electron chi connectivity index (χ0n) is 21.0. The average Bonchev–Trinajstić information content (AvgIpc) is 2.77. The molecule has 0 heterocycles. The van der Waals surface area contributed by atoms with Crippen LogP contribution in [0.3, 0.4) is 0 Å². The molecule has 37 heavy (non-hydrogen) atoms. The minimum atomic E-state index is -2.77. The first-order valence-electron chi connectivity index (χ1n) is 11.9. The molecule has 0 saturated heterocycles. The van der Waals surface area contributed by atoms with E-state index in [9.17, 15) is 39.0 Å². The Morgan fingerprint density at radius 3 is 2.32 bits per heavy atom. The molecule has 6 atom stereocenters. The Morgan fingerprint density at radius 1 is 1.11 bits per heavy atom. The number of phenolic OH excluding ortho intramolecular Hbond substituents is 1. The molecular formula is C25H30N4O8. The molecule has 1 aromatic carbocycles. The van der Waals surface area contributed by atoms with Crippen LogP contribution in [0.2, 0.25) is 0 Å². The molecule has 12 heteroatoms. The molecule has 3 aliphatic carbocycles. The number of nitrogens with one attached hydrogen (secondary N) is 1. The summed E-state index contributed by atoms with van der Waals surface area (Å²) in [5.41, 5.74) is 2.99. The van der Waals surface area contributed by atoms with Gasteiger partial charge in [0, 0.05) is 11.6 Å². The van der Waals surface area contributed by atoms with Gasteiger partial charge in [0.15, 0.2) is 34.7 Å². The van der Waals surface area contributed by atoms with Gasteiger partial charge >= 0.3 is 0 Å². The van der Waals surface area contributed by atoms with E-state index in [4.69, 9.17) is 5.73 Å². The van der Waals surface area contributed by atoms with E-state index in [-0.39, 0.29) is 30.9 Å². The third-order valence-electron chi connectivity index (χ3n) is 7.68. The predicted molar refractivity (Wildman–Crippen MR) is 129 cm³/mol. The van der Waals surface area contributed by atoms with Crippen molar-refractivity contribution in [3.63, 3.8) is 0 Å². The monoisotopic (exact) mass is 514 g/mol. The van der Waals surface area contributed by atoms with Crippen LogP contribution in [0.15, 0.2) is 12.1 Å². The Labute approximate surface area is 212 Å². The SMILES string of the molecule is CN(C)CC(=O)Nc1ccc(O)c2c1CC1CC3C(N(C)C)C(=O)C(C(N)=O)C(=O)C3(O)C(=O)C1C2=O. The third-order valence-corrected chi connectivity index (χ3v) is 7.68. The number of amides is 2. The second-order valence-electron chi connectivity index (χ2n) is 10.6. The maximum atomic E-state index is 13.8. The number of nitrogens with zero attached hydrogens (tertiary/aromatic N) is 2. The van der Waals surface area contributed by atoms with Gasteiger partial charge in [-0.15, -0.1) is 0 Å². The number of carbonyl (C=O) groups is 6. The quantitative estimate of drug-likeness (QED) is 0.262. The minimum Gasteiger partial charge on any atom is -0.507 e. The molecule has 0 aromatic heterocycles. The highest BCUT2D eigenvalue weighted by Crippen LogP contribution is 2.51. The maximum absolute atomic E-state index is 13.8. The van der Waals surface area contributed by atoms with Crippen molar-refractivity contribution in [1.82, 2.24) is 9.80 Å². The van der Waals surface area contributed by atoms with Crippen molar-refractivity contribution in [3.8, 4) is 5.75 Å². The molecule has 0 spiro atoms. The Kier molecular flexibility index (Phi) is 6.55. The standard InChI is InChI=1S/C25H30N4O8/c1-28(2)9-15(31)27-13-5-6-14(30)17-11(13)7-10-8-12-19(29(3)4)21(33)18(24(26)36)23(35)25(12,37)22(34)16(10)20(17)32/h5-6,10,12,16,18-19,30,37H,7-9H2,1-4H3,(H2,26,36)(H,27,31). The summed E-state index contributed by atoms with van der Waals surface area (Å²) in [6.07, 6.45) is 0.00243. The van der Waals surface area contributed by atoms with E-state index in [0.29, 0.717) is 11.3 Å². The number of hydrogen-bond donors (Lipinski definition) is 4. The van der Waals surface area contributed by atoms with Gasteiger partial charge in [-0.2, -0.15) is 0 Å². The molecule has 2 amide bonds. The van der Waals surface area contributed by atoms with Crippen LogP contribution < -0.4 is 11.1 Å². The summed E-state index contributed by atoms with van der Waals surface area (Å²) in [6.45, 7) is 0.0685. The number of Topliss-reactive ketones (excluding diaryl/α,β-unsaturated/α-hetero) is 4. The molecule has 12 nitrogen and oxygen atoms in total. The maximum Gasteiger partial charge on any atom is 0.238 e. The first-order chi connectivity index (χ1) is 17.2. The number of nitrogens with two attached hydrogens (primary N) is 1. The fourth-order valence-corrected chi connectivity index (χ4v) is 6.20. The van der Waals surface area contributed by atoms with Crippen LogP contribution in [0.1, 0.15) is 22.3 Å². The van der Waals surface area contributed by atoms with Crippen molar-refractivity contribution in [2.45, 2.75) is 24.5 Å². The highest BCUT2D eigenvalue weighted by atomic mass is 16.3. The molecule has 3 aliphatic rings. The van der Waals surface area contributed by atoms with Gasteiger partial charge in [-0.25, -0.2) is 0 Å². The molecule has 1 aromatic rings. The van der Waals surface area contributed by atoms with Gasteiger partial charge in [-0.3, -0.25) is 33.7 Å². The number of phenols is 1. The molecule has 2 fully saturated rings. The zero-order chi connectivity index (χ0) is 27.6. The van der Waals surface area contributed by atoms with Crippen LogP contribution in [-0.2, 0) is 30.4 Å². The van der Waals surface area contributed by atoms with E-state index in [2.05, 4.69) is 5.32 Å². The summed E-state index contributed by atoms with van der Waals surface area (Å²) >= 11 is 0. The normalized spacial score (nSPS) is 31.2. The van der Waals surface area contributed by atoms with Gasteiger partial charge in [-0.1, -0.05) is 0 Å². The number of rotatable bonds is 5. The minimum absolute atomic E-state index is 0.0648. The average molecular weight is 515 g/mol. The van der Waals surface area contributed by atoms with Crippen LogP contribution in [0.5, 0.6) is 5.75 Å². The van der Waals surface area contributed by atoms with Crippen LogP contribution in [0.25, 0.3) is 0 Å². The highest BCUT2D eigenvalue weighted by Gasteiger charge is 2.69. The first-order valence-corrected chi connectivity index (χ1v) is 11.9. The second-order valence-corrected chi connectivity index (χ2v) is 10.6. The van der Waals surface area contributed by atoms with Crippen molar-refractivity contribution in [1.29, 1.82) is 0 Å². The van der Waals surface area contributed by atoms with Crippen LogP contribution in [0.4, 0.5) is 5.69 Å². The molecule has 198 valence electrons. The van der Waals surface area contributed by atoms with Crippen molar-refractivity contribution < 1.29 is 39.0 Å². The summed E-state index contributed by atoms with van der Waals surface area (Å²) in [5, 5.41) is 24.8. The molecule has 2 saturated carbocycles. The lowest BCUT2D eigenvalue weighted by Crippen LogP contribution is -2.74. The summed E-state index contributed by atoms with van der Waals surface area (Å²) in [4.78, 5) is 81.2. The molecule has 4 rings (SSSR count). The van der Waals surface area contributed by atoms with Crippen molar-refractivity contribution in [2.75, 3.05) is 40.1 Å². The Balaban J connectivity index is 1.81. The van der Waals surface area contributed by atoms with Gasteiger partial charge in [0.05, 0.1) is 24.1 Å². The number of ketones is 4. The number of fused-ring (bicyclic) bond motifs is 3. The number of benzene rings is 1.